The Balaban J connectivity index is 0.000000167. The van der Waals surface area contributed by atoms with Crippen molar-refractivity contribution in [2.24, 2.45) is 5.10 Å². The molecule has 3 aromatic carbocycles. The van der Waals surface area contributed by atoms with Crippen molar-refractivity contribution in [1.29, 1.82) is 0 Å². The number of hydrogen-bond donors (Lipinski definition) is 0. The zero-order valence-electron chi connectivity index (χ0n) is 35.3. The van der Waals surface area contributed by atoms with Crippen molar-refractivity contribution in [2.45, 2.75) is 155 Å². The summed E-state index contributed by atoms with van der Waals surface area (Å²) in [6.45, 7) is 15.1. The molecule has 8 rings (SSSR count). The fraction of sp³-hybridized carbons (Fsp3) is 0.490. The number of benzene rings is 3. The molecule has 0 unspecified atom stereocenters. The first-order valence-electron chi connectivity index (χ1n) is 21.6. The average Bonchev–Trinajstić information content (AvgIpc) is 3.87. The van der Waals surface area contributed by atoms with Crippen molar-refractivity contribution in [3.8, 4) is 0 Å². The third-order valence-electron chi connectivity index (χ3n) is 12.4. The monoisotopic (exact) mass is 931 g/mol. The van der Waals surface area contributed by atoms with Gasteiger partial charge in [-0.3, -0.25) is 0 Å². The molecule has 0 bridgehead atoms. The standard InChI is InChI=1S/C26H28N3.C18H33P.C5H4S.2ClH.Ru/c1-17-12-19(3)24(20(4)13-17)28-16-29(25-21(5)14-18(2)15-22(25)6)27-26(28)23-10-8-7-9-11-23;1-4-10-16(11-5-1)19(17-12-6-2-7-13-17)18-14-8-3-9-15-18;1-5-3-2-4-6-5;;;/h7-16H,1-6H3;16-18H,1-15H2;1-4H;2*1H;/q-1;;;;;+2/p-1. The van der Waals surface area contributed by atoms with E-state index in [0.717, 1.165) is 17.1 Å². The van der Waals surface area contributed by atoms with Crippen LogP contribution in [0, 0.1) is 48.2 Å². The Bertz CT molecular complexity index is 1840. The summed E-state index contributed by atoms with van der Waals surface area (Å²) >= 11 is 0.0926. The second-order valence-corrected chi connectivity index (χ2v) is 27.1. The molecule has 0 saturated heterocycles. The second kappa shape index (κ2) is 22.1. The number of rotatable bonds is 7. The van der Waals surface area contributed by atoms with Gasteiger partial charge >= 0.3 is 71.2 Å². The van der Waals surface area contributed by atoms with Gasteiger partial charge in [-0.1, -0.05) is 85.0 Å². The Morgan fingerprint density at radius 3 is 1.51 bits per heavy atom. The van der Waals surface area contributed by atoms with Crippen molar-refractivity contribution < 1.29 is 13.5 Å². The molecular formula is C49H66Cl2N3PRuS. The van der Waals surface area contributed by atoms with E-state index >= 15 is 0 Å². The summed E-state index contributed by atoms with van der Waals surface area (Å²) in [4.78, 5) is 3.41. The average molecular weight is 932 g/mol. The first-order valence-corrected chi connectivity index (χ1v) is 29.6. The van der Waals surface area contributed by atoms with Crippen LogP contribution < -0.4 is 9.91 Å². The van der Waals surface area contributed by atoms with Crippen LogP contribution in [0.3, 0.4) is 0 Å². The van der Waals surface area contributed by atoms with E-state index in [1.54, 1.807) is 108 Å². The number of thiophene rings is 1. The molecule has 1 aliphatic heterocycles. The topological polar surface area (TPSA) is 18.8 Å². The maximum absolute atomic E-state index is 5.63. The molecule has 3 aliphatic carbocycles. The van der Waals surface area contributed by atoms with E-state index in [9.17, 15) is 0 Å². The van der Waals surface area contributed by atoms with E-state index in [2.05, 4.69) is 102 Å². The van der Waals surface area contributed by atoms with Gasteiger partial charge in [0, 0.05) is 24.9 Å². The number of nitrogens with zero attached hydrogens (tertiary/aromatic N) is 3. The molecule has 0 spiro atoms. The van der Waals surface area contributed by atoms with Crippen molar-refractivity contribution in [2.75, 3.05) is 9.91 Å². The zero-order valence-corrected chi connectivity index (χ0v) is 40.3. The molecular weight excluding hydrogens is 866 g/mol. The van der Waals surface area contributed by atoms with Crippen LogP contribution in [0.2, 0.25) is 0 Å². The zero-order chi connectivity index (χ0) is 40.3. The third kappa shape index (κ3) is 12.4. The van der Waals surface area contributed by atoms with Crippen molar-refractivity contribution in [3.05, 3.63) is 123 Å². The molecule has 8 heteroatoms. The van der Waals surface area contributed by atoms with E-state index in [1.165, 1.54) is 60.9 Å². The van der Waals surface area contributed by atoms with Crippen LogP contribution >= 0.6 is 38.6 Å². The fourth-order valence-corrected chi connectivity index (χ4v) is 18.9. The van der Waals surface area contributed by atoms with Crippen LogP contribution in [0.15, 0.2) is 77.2 Å². The van der Waals surface area contributed by atoms with Crippen LogP contribution in [0.1, 0.15) is 140 Å². The summed E-state index contributed by atoms with van der Waals surface area (Å²) in [5.41, 5.74) is 14.6. The summed E-state index contributed by atoms with van der Waals surface area (Å²) in [5.74, 6) is 0.944. The Morgan fingerprint density at radius 1 is 0.632 bits per heavy atom. The molecule has 0 atom stereocenters. The molecule has 3 fully saturated rings. The molecule has 57 heavy (non-hydrogen) atoms. The van der Waals surface area contributed by atoms with Gasteiger partial charge in [0.25, 0.3) is 0 Å². The number of halogens is 2. The summed E-state index contributed by atoms with van der Waals surface area (Å²) in [5, 5.41) is 9.11. The van der Waals surface area contributed by atoms with Crippen LogP contribution in [0.5, 0.6) is 0 Å². The Hall–Kier alpha value is -1.87. The molecule has 0 amide bonds. The van der Waals surface area contributed by atoms with E-state index in [-0.39, 0.29) is 7.92 Å². The maximum atomic E-state index is 5.63. The molecule has 310 valence electrons. The van der Waals surface area contributed by atoms with Crippen molar-refractivity contribution in [3.63, 3.8) is 0 Å². The van der Waals surface area contributed by atoms with Gasteiger partial charge in [-0.2, -0.15) is 5.10 Å². The molecule has 3 saturated carbocycles. The number of amidine groups is 1. The van der Waals surface area contributed by atoms with Gasteiger partial charge in [0.15, 0.2) is 0 Å². The first-order chi connectivity index (χ1) is 27.6. The number of hydrogen-bond acceptors (Lipinski definition) is 4. The molecule has 3 nitrogen and oxygen atoms in total. The number of hydrazone groups is 1. The SMILES string of the molecule is C1CCC([PH+](C2CCCCC2)C2CCCCC2)CC1.Cc1cc(C)c(N2[CH-]N(c3c(C)cc(C)cc3C)C(c3ccccc3)=N2)c(C)c1.[Cl][Ru]([Cl])=[CH]c1cccs1. The Labute approximate surface area is 363 Å². The third-order valence-corrected chi connectivity index (χ3v) is 19.9. The van der Waals surface area contributed by atoms with Crippen molar-refractivity contribution >= 4 is 60.5 Å². The predicted molar refractivity (Wildman–Crippen MR) is 254 cm³/mol. The summed E-state index contributed by atoms with van der Waals surface area (Å²) in [7, 11) is 11.2. The van der Waals surface area contributed by atoms with Crippen LogP contribution in [-0.2, 0) is 13.5 Å². The fourth-order valence-electron chi connectivity index (χ4n) is 10.2. The Kier molecular flexibility index (Phi) is 17.3. The van der Waals surface area contributed by atoms with Gasteiger partial charge in [-0.25, -0.2) is 0 Å². The Morgan fingerprint density at radius 2 is 1.09 bits per heavy atom. The van der Waals surface area contributed by atoms with E-state index in [1.807, 2.05) is 33.2 Å². The van der Waals surface area contributed by atoms with E-state index < -0.39 is 13.5 Å². The van der Waals surface area contributed by atoms with Gasteiger partial charge in [-0.15, -0.1) is 6.67 Å². The second-order valence-electron chi connectivity index (χ2n) is 16.9. The van der Waals surface area contributed by atoms with Crippen LogP contribution in [0.4, 0.5) is 11.4 Å². The summed E-state index contributed by atoms with van der Waals surface area (Å²) in [6.07, 6.45) is 23.8. The van der Waals surface area contributed by atoms with E-state index in [0.29, 0.717) is 0 Å². The van der Waals surface area contributed by atoms with Gasteiger partial charge in [0.05, 0.1) is 17.0 Å². The molecule has 4 aliphatic rings. The number of aryl methyl sites for hydroxylation is 6. The minimum absolute atomic E-state index is 0.0465. The predicted octanol–water partition coefficient (Wildman–Crippen LogP) is 15.4. The normalized spacial score (nSPS) is 18.4. The van der Waals surface area contributed by atoms with Gasteiger partial charge in [0.2, 0.25) is 0 Å². The molecule has 0 radical (unpaired) electrons. The molecule has 0 N–H and O–H groups in total. The minimum atomic E-state index is -1.57. The first kappa shape index (κ1) is 44.7. The van der Waals surface area contributed by atoms with Gasteiger partial charge < -0.3 is 9.91 Å². The van der Waals surface area contributed by atoms with Gasteiger partial charge in [0.1, 0.15) is 5.84 Å². The number of anilines is 2. The van der Waals surface area contributed by atoms with E-state index in [4.69, 9.17) is 24.5 Å². The summed E-state index contributed by atoms with van der Waals surface area (Å²) in [6, 6.07) is 23.3. The van der Waals surface area contributed by atoms with Crippen molar-refractivity contribution in [1.82, 2.24) is 0 Å². The molecule has 4 aromatic rings. The van der Waals surface area contributed by atoms with Crippen LogP contribution in [-0.4, -0.2) is 27.4 Å². The van der Waals surface area contributed by atoms with Crippen LogP contribution in [0.25, 0.3) is 0 Å². The quantitative estimate of drug-likeness (QED) is 0.104. The summed E-state index contributed by atoms with van der Waals surface area (Å²) < 4.78 is 1.94. The molecule has 1 aromatic heterocycles. The molecule has 2 heterocycles. The van der Waals surface area contributed by atoms with Gasteiger partial charge in [-0.05, 0) is 141 Å².